The van der Waals surface area contributed by atoms with Gasteiger partial charge in [-0.2, -0.15) is 0 Å². The third-order valence-corrected chi connectivity index (χ3v) is 1.64. The Bertz CT molecular complexity index is 338. The van der Waals surface area contributed by atoms with Crippen LogP contribution in [0.4, 0.5) is 0 Å². The molecule has 0 saturated heterocycles. The Morgan fingerprint density at radius 3 is 2.20 bits per heavy atom. The molecule has 0 aliphatic heterocycles. The van der Waals surface area contributed by atoms with E-state index < -0.39 is 5.91 Å². The first kappa shape index (κ1) is 11.5. The number of hydrogen-bond acceptors (Lipinski definition) is 3. The van der Waals surface area contributed by atoms with Crippen molar-refractivity contribution in [2.75, 3.05) is 0 Å². The van der Waals surface area contributed by atoms with Crippen molar-refractivity contribution in [1.82, 2.24) is 5.48 Å². The van der Waals surface area contributed by atoms with E-state index in [9.17, 15) is 4.79 Å². The summed E-state index contributed by atoms with van der Waals surface area (Å²) in [6, 6.07) is 6.56. The van der Waals surface area contributed by atoms with Gasteiger partial charge in [0.15, 0.2) is 0 Å². The Kier molecular flexibility index (Phi) is 3.31. The second-order valence-electron chi connectivity index (χ2n) is 4.18. The molecule has 2 N–H and O–H groups in total. The SMILES string of the molecule is CC(C)(C)Oc1ccc(C(=O)NO)cc1. The zero-order valence-corrected chi connectivity index (χ0v) is 9.07. The molecule has 1 aromatic carbocycles. The van der Waals surface area contributed by atoms with Crippen LogP contribution >= 0.6 is 0 Å². The minimum absolute atomic E-state index is 0.263. The maximum Gasteiger partial charge on any atom is 0.274 e. The summed E-state index contributed by atoms with van der Waals surface area (Å²) in [7, 11) is 0. The van der Waals surface area contributed by atoms with Gasteiger partial charge in [0.05, 0.1) is 0 Å². The van der Waals surface area contributed by atoms with Crippen LogP contribution in [0, 0.1) is 0 Å². The largest absolute Gasteiger partial charge is 0.488 e. The van der Waals surface area contributed by atoms with E-state index in [4.69, 9.17) is 9.94 Å². The van der Waals surface area contributed by atoms with Crippen molar-refractivity contribution in [3.8, 4) is 5.75 Å². The molecule has 0 saturated carbocycles. The maximum absolute atomic E-state index is 11.0. The summed E-state index contributed by atoms with van der Waals surface area (Å²) in [5, 5.41) is 8.41. The Labute approximate surface area is 88.8 Å². The average molecular weight is 209 g/mol. The summed E-state index contributed by atoms with van der Waals surface area (Å²) in [6.45, 7) is 5.84. The monoisotopic (exact) mass is 209 g/mol. The van der Waals surface area contributed by atoms with Crippen molar-refractivity contribution in [3.05, 3.63) is 29.8 Å². The summed E-state index contributed by atoms with van der Waals surface area (Å²) in [4.78, 5) is 11.0. The predicted molar refractivity (Wildman–Crippen MR) is 56.1 cm³/mol. The van der Waals surface area contributed by atoms with Crippen molar-refractivity contribution in [2.45, 2.75) is 26.4 Å². The molecule has 0 bridgehead atoms. The molecule has 0 spiro atoms. The fourth-order valence-electron chi connectivity index (χ4n) is 1.09. The molecule has 1 aromatic rings. The first-order chi connectivity index (χ1) is 6.92. The summed E-state index contributed by atoms with van der Waals surface area (Å²) in [5.74, 6) is 0.161. The zero-order chi connectivity index (χ0) is 11.5. The van der Waals surface area contributed by atoms with Gasteiger partial charge >= 0.3 is 0 Å². The van der Waals surface area contributed by atoms with Gasteiger partial charge in [0, 0.05) is 5.56 Å². The van der Waals surface area contributed by atoms with E-state index in [2.05, 4.69) is 0 Å². The van der Waals surface area contributed by atoms with E-state index in [1.54, 1.807) is 29.7 Å². The van der Waals surface area contributed by atoms with Gasteiger partial charge in [-0.1, -0.05) is 0 Å². The Hall–Kier alpha value is -1.55. The maximum atomic E-state index is 11.0. The van der Waals surface area contributed by atoms with Gasteiger partial charge in [0.1, 0.15) is 11.4 Å². The van der Waals surface area contributed by atoms with Crippen molar-refractivity contribution in [2.24, 2.45) is 0 Å². The molecule has 1 rings (SSSR count). The molecule has 0 aliphatic rings. The van der Waals surface area contributed by atoms with Gasteiger partial charge in [0.25, 0.3) is 5.91 Å². The normalized spacial score (nSPS) is 10.9. The van der Waals surface area contributed by atoms with E-state index >= 15 is 0 Å². The quantitative estimate of drug-likeness (QED) is 0.578. The Morgan fingerprint density at radius 2 is 1.80 bits per heavy atom. The molecule has 0 fully saturated rings. The highest BCUT2D eigenvalue weighted by molar-refractivity contribution is 5.93. The van der Waals surface area contributed by atoms with Gasteiger partial charge < -0.3 is 4.74 Å². The number of rotatable bonds is 2. The van der Waals surface area contributed by atoms with E-state index in [1.807, 2.05) is 20.8 Å². The molecule has 0 atom stereocenters. The van der Waals surface area contributed by atoms with Gasteiger partial charge in [-0.15, -0.1) is 0 Å². The second kappa shape index (κ2) is 4.31. The van der Waals surface area contributed by atoms with Crippen molar-refractivity contribution < 1.29 is 14.7 Å². The van der Waals surface area contributed by atoms with Gasteiger partial charge in [-0.25, -0.2) is 5.48 Å². The van der Waals surface area contributed by atoms with Crippen LogP contribution in [0.15, 0.2) is 24.3 Å². The number of hydroxylamine groups is 1. The van der Waals surface area contributed by atoms with Gasteiger partial charge in [-0.05, 0) is 45.0 Å². The number of carbonyl (C=O) groups excluding carboxylic acids is 1. The summed E-state index contributed by atoms with van der Waals surface area (Å²) in [6.07, 6.45) is 0. The van der Waals surface area contributed by atoms with Crippen LogP contribution in [0.5, 0.6) is 5.75 Å². The number of benzene rings is 1. The molecule has 4 heteroatoms. The van der Waals surface area contributed by atoms with E-state index in [-0.39, 0.29) is 5.60 Å². The standard InChI is InChI=1S/C11H15NO3/c1-11(2,3)15-9-6-4-8(5-7-9)10(13)12-14/h4-7,14H,1-3H3,(H,12,13). The summed E-state index contributed by atoms with van der Waals surface area (Å²) in [5.41, 5.74) is 1.69. The number of amides is 1. The van der Waals surface area contributed by atoms with Crippen LogP contribution in [0.2, 0.25) is 0 Å². The molecular weight excluding hydrogens is 194 g/mol. The fourth-order valence-corrected chi connectivity index (χ4v) is 1.09. The highest BCUT2D eigenvalue weighted by atomic mass is 16.5. The van der Waals surface area contributed by atoms with E-state index in [0.29, 0.717) is 11.3 Å². The highest BCUT2D eigenvalue weighted by Crippen LogP contribution is 2.18. The molecule has 82 valence electrons. The Balaban J connectivity index is 2.77. The lowest BCUT2D eigenvalue weighted by molar-refractivity contribution is 0.0706. The minimum atomic E-state index is -0.530. The van der Waals surface area contributed by atoms with Gasteiger partial charge in [0.2, 0.25) is 0 Å². The smallest absolute Gasteiger partial charge is 0.274 e. The van der Waals surface area contributed by atoms with Crippen molar-refractivity contribution in [3.63, 3.8) is 0 Å². The first-order valence-corrected chi connectivity index (χ1v) is 4.66. The van der Waals surface area contributed by atoms with Crippen LogP contribution in [-0.2, 0) is 0 Å². The molecule has 4 nitrogen and oxygen atoms in total. The fraction of sp³-hybridized carbons (Fsp3) is 0.364. The lowest BCUT2D eigenvalue weighted by atomic mass is 10.1. The lowest BCUT2D eigenvalue weighted by Gasteiger charge is -2.21. The molecule has 1 amide bonds. The lowest BCUT2D eigenvalue weighted by Crippen LogP contribution is -2.23. The number of nitrogens with one attached hydrogen (secondary N) is 1. The molecular formula is C11H15NO3. The molecule has 0 aliphatic carbocycles. The topological polar surface area (TPSA) is 58.6 Å². The number of carbonyl (C=O) groups is 1. The Morgan fingerprint density at radius 1 is 1.27 bits per heavy atom. The van der Waals surface area contributed by atoms with Gasteiger partial charge in [-0.3, -0.25) is 10.0 Å². The second-order valence-corrected chi connectivity index (χ2v) is 4.18. The molecule has 0 heterocycles. The zero-order valence-electron chi connectivity index (χ0n) is 9.07. The molecule has 15 heavy (non-hydrogen) atoms. The minimum Gasteiger partial charge on any atom is -0.488 e. The molecule has 0 radical (unpaired) electrons. The van der Waals surface area contributed by atoms with Crippen molar-refractivity contribution >= 4 is 5.91 Å². The van der Waals surface area contributed by atoms with Crippen LogP contribution in [0.1, 0.15) is 31.1 Å². The van der Waals surface area contributed by atoms with E-state index in [1.165, 1.54) is 0 Å². The third kappa shape index (κ3) is 3.59. The number of hydrogen-bond donors (Lipinski definition) is 2. The predicted octanol–water partition coefficient (Wildman–Crippen LogP) is 1.98. The van der Waals surface area contributed by atoms with Crippen LogP contribution in [0.3, 0.4) is 0 Å². The molecule has 0 unspecified atom stereocenters. The highest BCUT2D eigenvalue weighted by Gasteiger charge is 2.12. The van der Waals surface area contributed by atoms with Crippen molar-refractivity contribution in [1.29, 1.82) is 0 Å². The third-order valence-electron chi connectivity index (χ3n) is 1.64. The summed E-state index contributed by atoms with van der Waals surface area (Å²) >= 11 is 0. The summed E-state index contributed by atoms with van der Waals surface area (Å²) < 4.78 is 5.58. The number of ether oxygens (including phenoxy) is 1. The first-order valence-electron chi connectivity index (χ1n) is 4.66. The molecule has 0 aromatic heterocycles. The van der Waals surface area contributed by atoms with E-state index in [0.717, 1.165) is 0 Å². The van der Waals surface area contributed by atoms with Crippen LogP contribution in [0.25, 0.3) is 0 Å². The van der Waals surface area contributed by atoms with Crippen LogP contribution in [-0.4, -0.2) is 16.7 Å². The van der Waals surface area contributed by atoms with Crippen LogP contribution < -0.4 is 10.2 Å². The average Bonchev–Trinajstić information content (AvgIpc) is 2.15.